The second-order valence-corrected chi connectivity index (χ2v) is 5.57. The maximum absolute atomic E-state index is 11.1. The van der Waals surface area contributed by atoms with Gasteiger partial charge in [0.05, 0.1) is 22.0 Å². The van der Waals surface area contributed by atoms with Crippen molar-refractivity contribution in [2.45, 2.75) is 13.3 Å². The molecule has 24 heavy (non-hydrogen) atoms. The second kappa shape index (κ2) is 6.64. The van der Waals surface area contributed by atoms with Crippen LogP contribution in [0.3, 0.4) is 0 Å². The molecule has 2 aromatic carbocycles. The second-order valence-electron chi connectivity index (χ2n) is 5.57. The molecule has 6 heteroatoms. The fraction of sp³-hybridized carbons (Fsp3) is 0.167. The van der Waals surface area contributed by atoms with Crippen LogP contribution in [-0.4, -0.2) is 21.2 Å². The van der Waals surface area contributed by atoms with Crippen molar-refractivity contribution in [2.24, 2.45) is 5.73 Å². The molecule has 2 N–H and O–H groups in total. The summed E-state index contributed by atoms with van der Waals surface area (Å²) in [6, 6.07) is 16.4. The molecule has 0 spiro atoms. The molecule has 6 nitrogen and oxygen atoms in total. The van der Waals surface area contributed by atoms with E-state index in [4.69, 9.17) is 5.73 Å². The standard InChI is InChI=1S/C18H18N4O2/c1-13-5-2-3-8-17(13)21-18(12-15(20-21)9-10-19)14-6-4-7-16(11-14)22(23)24/h2-8,11-12H,9-10,19H2,1H3. The number of hydrogen-bond acceptors (Lipinski definition) is 4. The van der Waals surface area contributed by atoms with E-state index < -0.39 is 4.92 Å². The third kappa shape index (κ3) is 3.04. The predicted octanol–water partition coefficient (Wildman–Crippen LogP) is 3.26. The van der Waals surface area contributed by atoms with E-state index in [9.17, 15) is 10.1 Å². The van der Waals surface area contributed by atoms with Crippen LogP contribution in [0.15, 0.2) is 54.6 Å². The SMILES string of the molecule is Cc1ccccc1-n1nc(CCN)cc1-c1cccc([N+](=O)[O-])c1. The number of hydrogen-bond donors (Lipinski definition) is 1. The van der Waals surface area contributed by atoms with Crippen molar-refractivity contribution in [1.29, 1.82) is 0 Å². The number of benzene rings is 2. The monoisotopic (exact) mass is 322 g/mol. The van der Waals surface area contributed by atoms with Crippen molar-refractivity contribution >= 4 is 5.69 Å². The van der Waals surface area contributed by atoms with Gasteiger partial charge in [0, 0.05) is 24.1 Å². The van der Waals surface area contributed by atoms with Gasteiger partial charge in [0.1, 0.15) is 0 Å². The van der Waals surface area contributed by atoms with Crippen molar-refractivity contribution in [3.63, 3.8) is 0 Å². The van der Waals surface area contributed by atoms with Crippen LogP contribution in [0, 0.1) is 17.0 Å². The zero-order valence-corrected chi connectivity index (χ0v) is 13.3. The lowest BCUT2D eigenvalue weighted by molar-refractivity contribution is -0.384. The number of nitrogens with zero attached hydrogens (tertiary/aromatic N) is 3. The first-order chi connectivity index (χ1) is 11.6. The third-order valence-electron chi connectivity index (χ3n) is 3.86. The Morgan fingerprint density at radius 1 is 1.17 bits per heavy atom. The van der Waals surface area contributed by atoms with Crippen molar-refractivity contribution in [3.05, 3.63) is 76.0 Å². The molecular weight excluding hydrogens is 304 g/mol. The highest BCUT2D eigenvalue weighted by Gasteiger charge is 2.15. The number of nitro groups is 1. The molecule has 1 heterocycles. The Balaban J connectivity index is 2.18. The lowest BCUT2D eigenvalue weighted by Crippen LogP contribution is -2.05. The first-order valence-corrected chi connectivity index (χ1v) is 7.70. The molecule has 122 valence electrons. The van der Waals surface area contributed by atoms with Crippen LogP contribution in [0.25, 0.3) is 16.9 Å². The molecule has 0 atom stereocenters. The lowest BCUT2D eigenvalue weighted by Gasteiger charge is -2.10. The van der Waals surface area contributed by atoms with Crippen molar-refractivity contribution in [3.8, 4) is 16.9 Å². The summed E-state index contributed by atoms with van der Waals surface area (Å²) in [4.78, 5) is 10.7. The fourth-order valence-corrected chi connectivity index (χ4v) is 2.67. The van der Waals surface area contributed by atoms with Crippen LogP contribution >= 0.6 is 0 Å². The highest BCUT2D eigenvalue weighted by atomic mass is 16.6. The van der Waals surface area contributed by atoms with Crippen LogP contribution < -0.4 is 5.73 Å². The van der Waals surface area contributed by atoms with Gasteiger partial charge in [-0.15, -0.1) is 0 Å². The summed E-state index contributed by atoms with van der Waals surface area (Å²) in [6.45, 7) is 2.51. The average Bonchev–Trinajstić information content (AvgIpc) is 2.99. The zero-order valence-electron chi connectivity index (χ0n) is 13.3. The van der Waals surface area contributed by atoms with E-state index in [0.717, 1.165) is 28.2 Å². The summed E-state index contributed by atoms with van der Waals surface area (Å²) >= 11 is 0. The number of aromatic nitrogens is 2. The van der Waals surface area contributed by atoms with E-state index in [1.807, 2.05) is 48.0 Å². The number of rotatable bonds is 5. The largest absolute Gasteiger partial charge is 0.330 e. The van der Waals surface area contributed by atoms with E-state index in [2.05, 4.69) is 5.10 Å². The first-order valence-electron chi connectivity index (χ1n) is 7.70. The van der Waals surface area contributed by atoms with Gasteiger partial charge < -0.3 is 5.73 Å². The third-order valence-corrected chi connectivity index (χ3v) is 3.86. The molecule has 0 saturated carbocycles. The van der Waals surface area contributed by atoms with Gasteiger partial charge in [-0.25, -0.2) is 4.68 Å². The highest BCUT2D eigenvalue weighted by Crippen LogP contribution is 2.28. The molecule has 0 amide bonds. The maximum Gasteiger partial charge on any atom is 0.270 e. The van der Waals surface area contributed by atoms with Gasteiger partial charge in [-0.1, -0.05) is 30.3 Å². The Kier molecular flexibility index (Phi) is 4.39. The minimum Gasteiger partial charge on any atom is -0.330 e. The molecule has 0 unspecified atom stereocenters. The van der Waals surface area contributed by atoms with E-state index in [1.54, 1.807) is 12.1 Å². The topological polar surface area (TPSA) is 87.0 Å². The van der Waals surface area contributed by atoms with Gasteiger partial charge in [0.15, 0.2) is 0 Å². The van der Waals surface area contributed by atoms with E-state index >= 15 is 0 Å². The van der Waals surface area contributed by atoms with Crippen LogP contribution in [-0.2, 0) is 6.42 Å². The fourth-order valence-electron chi connectivity index (χ4n) is 2.67. The Labute approximate surface area is 139 Å². The number of non-ortho nitro benzene ring substituents is 1. The summed E-state index contributed by atoms with van der Waals surface area (Å²) in [7, 11) is 0. The molecule has 1 aromatic heterocycles. The molecule has 0 aliphatic rings. The summed E-state index contributed by atoms with van der Waals surface area (Å²) in [5.41, 5.74) is 10.2. The molecule has 3 aromatic rings. The molecular formula is C18H18N4O2. The van der Waals surface area contributed by atoms with Gasteiger partial charge in [-0.05, 0) is 31.2 Å². The molecule has 0 aliphatic carbocycles. The lowest BCUT2D eigenvalue weighted by atomic mass is 10.1. The number of nitrogens with two attached hydrogens (primary N) is 1. The zero-order chi connectivity index (χ0) is 17.1. The van der Waals surface area contributed by atoms with Gasteiger partial charge >= 0.3 is 0 Å². The summed E-state index contributed by atoms with van der Waals surface area (Å²) in [6.07, 6.45) is 0.654. The van der Waals surface area contributed by atoms with Crippen LogP contribution in [0.1, 0.15) is 11.3 Å². The molecule has 0 radical (unpaired) electrons. The normalized spacial score (nSPS) is 10.8. The summed E-state index contributed by atoms with van der Waals surface area (Å²) < 4.78 is 1.83. The minimum absolute atomic E-state index is 0.0606. The van der Waals surface area contributed by atoms with E-state index in [1.165, 1.54) is 6.07 Å². The molecule has 0 aliphatic heterocycles. The Bertz CT molecular complexity index is 886. The smallest absolute Gasteiger partial charge is 0.270 e. The van der Waals surface area contributed by atoms with Gasteiger partial charge in [0.25, 0.3) is 5.69 Å². The average molecular weight is 322 g/mol. The summed E-state index contributed by atoms with van der Waals surface area (Å²) in [5, 5.41) is 15.7. The minimum atomic E-state index is -0.390. The first kappa shape index (κ1) is 15.9. The van der Waals surface area contributed by atoms with Crippen molar-refractivity contribution in [2.75, 3.05) is 6.54 Å². The van der Waals surface area contributed by atoms with Crippen molar-refractivity contribution in [1.82, 2.24) is 9.78 Å². The highest BCUT2D eigenvalue weighted by molar-refractivity contribution is 5.66. The number of nitro benzene ring substituents is 1. The van der Waals surface area contributed by atoms with Crippen LogP contribution in [0.2, 0.25) is 0 Å². The Morgan fingerprint density at radius 2 is 1.96 bits per heavy atom. The Morgan fingerprint density at radius 3 is 2.67 bits per heavy atom. The van der Waals surface area contributed by atoms with Gasteiger partial charge in [-0.2, -0.15) is 5.10 Å². The molecule has 0 bridgehead atoms. The van der Waals surface area contributed by atoms with E-state index in [-0.39, 0.29) is 5.69 Å². The molecule has 0 saturated heterocycles. The summed E-state index contributed by atoms with van der Waals surface area (Å²) in [5.74, 6) is 0. The van der Waals surface area contributed by atoms with Gasteiger partial charge in [-0.3, -0.25) is 10.1 Å². The predicted molar refractivity (Wildman–Crippen MR) is 93.1 cm³/mol. The van der Waals surface area contributed by atoms with Crippen LogP contribution in [0.5, 0.6) is 0 Å². The maximum atomic E-state index is 11.1. The number of aryl methyl sites for hydroxylation is 1. The van der Waals surface area contributed by atoms with E-state index in [0.29, 0.717) is 13.0 Å². The number of para-hydroxylation sites is 1. The molecule has 3 rings (SSSR count). The molecule has 0 fully saturated rings. The van der Waals surface area contributed by atoms with Crippen molar-refractivity contribution < 1.29 is 4.92 Å². The quantitative estimate of drug-likeness (QED) is 0.577. The van der Waals surface area contributed by atoms with Crippen LogP contribution in [0.4, 0.5) is 5.69 Å². The Hall–Kier alpha value is -2.99. The van der Waals surface area contributed by atoms with Gasteiger partial charge in [0.2, 0.25) is 0 Å².